The van der Waals surface area contributed by atoms with Gasteiger partial charge in [-0.25, -0.2) is 0 Å². The van der Waals surface area contributed by atoms with E-state index in [2.05, 4.69) is 10.3 Å². The van der Waals surface area contributed by atoms with Gasteiger partial charge in [0.15, 0.2) is 11.5 Å². The van der Waals surface area contributed by atoms with Gasteiger partial charge >= 0.3 is 0 Å². The lowest BCUT2D eigenvalue weighted by Gasteiger charge is -2.14. The maximum absolute atomic E-state index is 12.3. The monoisotopic (exact) mass is 420 g/mol. The van der Waals surface area contributed by atoms with E-state index in [-0.39, 0.29) is 5.91 Å². The first-order valence-corrected chi connectivity index (χ1v) is 9.54. The summed E-state index contributed by atoms with van der Waals surface area (Å²) >= 11 is 0. The van der Waals surface area contributed by atoms with Gasteiger partial charge in [0.05, 0.1) is 27.0 Å². The summed E-state index contributed by atoms with van der Waals surface area (Å²) in [6, 6.07) is 16.5. The van der Waals surface area contributed by atoms with Crippen LogP contribution in [0.5, 0.6) is 23.0 Å². The first kappa shape index (κ1) is 21.7. The Hall–Kier alpha value is -4.00. The molecule has 3 rings (SSSR count). The van der Waals surface area contributed by atoms with Crippen molar-refractivity contribution in [2.75, 3.05) is 26.6 Å². The quantitative estimate of drug-likeness (QED) is 0.519. The molecule has 0 saturated heterocycles. The first-order chi connectivity index (χ1) is 15.1. The lowest BCUT2D eigenvalue weighted by molar-refractivity contribution is -0.111. The third-order valence-corrected chi connectivity index (χ3v) is 4.35. The topological polar surface area (TPSA) is 78.9 Å². The van der Waals surface area contributed by atoms with Crippen LogP contribution in [0, 0.1) is 0 Å². The number of hydrogen-bond acceptors (Lipinski definition) is 6. The van der Waals surface area contributed by atoms with Crippen LogP contribution >= 0.6 is 0 Å². The van der Waals surface area contributed by atoms with Crippen molar-refractivity contribution in [1.29, 1.82) is 0 Å². The molecular formula is C24H24N2O5. The van der Waals surface area contributed by atoms with Gasteiger partial charge in [-0.05, 0) is 35.9 Å². The van der Waals surface area contributed by atoms with Crippen molar-refractivity contribution >= 4 is 17.7 Å². The fourth-order valence-electron chi connectivity index (χ4n) is 2.83. The van der Waals surface area contributed by atoms with Crippen molar-refractivity contribution < 1.29 is 23.7 Å². The van der Waals surface area contributed by atoms with Crippen LogP contribution in [-0.4, -0.2) is 32.2 Å². The largest absolute Gasteiger partial charge is 0.493 e. The summed E-state index contributed by atoms with van der Waals surface area (Å²) in [4.78, 5) is 16.5. The summed E-state index contributed by atoms with van der Waals surface area (Å²) in [6.45, 7) is 0.396. The molecule has 3 aromatic rings. The molecule has 1 aromatic heterocycles. The van der Waals surface area contributed by atoms with E-state index < -0.39 is 0 Å². The van der Waals surface area contributed by atoms with Crippen LogP contribution in [0.15, 0.2) is 66.9 Å². The number of carbonyl (C=O) groups excluding carboxylic acids is 1. The van der Waals surface area contributed by atoms with Gasteiger partial charge in [-0.3, -0.25) is 9.78 Å². The molecule has 0 atom stereocenters. The molecule has 0 aliphatic carbocycles. The van der Waals surface area contributed by atoms with Gasteiger partial charge in [0.1, 0.15) is 12.4 Å². The van der Waals surface area contributed by atoms with Crippen LogP contribution in [0.4, 0.5) is 5.69 Å². The maximum Gasteiger partial charge on any atom is 0.248 e. The van der Waals surface area contributed by atoms with E-state index in [1.54, 1.807) is 24.4 Å². The molecule has 1 amide bonds. The molecule has 2 aromatic carbocycles. The molecule has 1 heterocycles. The zero-order valence-corrected chi connectivity index (χ0v) is 17.6. The zero-order chi connectivity index (χ0) is 22.1. The van der Waals surface area contributed by atoms with E-state index in [0.717, 1.165) is 17.0 Å². The number of hydrogen-bond donors (Lipinski definition) is 1. The maximum atomic E-state index is 12.3. The standard InChI is InChI=1S/C24H24N2O5/c1-28-21-14-19(15-22(29-2)24(21)30-3)26-23(27)12-9-17-7-10-20(11-8-17)31-16-18-6-4-5-13-25-18/h4-15H,16H2,1-3H3,(H,26,27)/b12-9+. The van der Waals surface area contributed by atoms with Gasteiger partial charge in [0, 0.05) is 30.1 Å². The van der Waals surface area contributed by atoms with Crippen LogP contribution in [-0.2, 0) is 11.4 Å². The molecule has 7 heteroatoms. The van der Waals surface area contributed by atoms with Crippen molar-refractivity contribution in [3.63, 3.8) is 0 Å². The number of ether oxygens (including phenoxy) is 4. The highest BCUT2D eigenvalue weighted by atomic mass is 16.5. The number of methoxy groups -OCH3 is 3. The number of nitrogens with zero attached hydrogens (tertiary/aromatic N) is 1. The van der Waals surface area contributed by atoms with E-state index in [4.69, 9.17) is 18.9 Å². The number of nitrogens with one attached hydrogen (secondary N) is 1. The Morgan fingerprint density at radius 3 is 2.26 bits per heavy atom. The number of anilines is 1. The minimum atomic E-state index is -0.287. The summed E-state index contributed by atoms with van der Waals surface area (Å²) in [5.41, 5.74) is 2.25. The first-order valence-electron chi connectivity index (χ1n) is 9.54. The van der Waals surface area contributed by atoms with E-state index >= 15 is 0 Å². The van der Waals surface area contributed by atoms with E-state index in [1.165, 1.54) is 27.4 Å². The summed E-state index contributed by atoms with van der Waals surface area (Å²) < 4.78 is 21.6. The van der Waals surface area contributed by atoms with Crippen molar-refractivity contribution in [3.8, 4) is 23.0 Å². The third-order valence-electron chi connectivity index (χ3n) is 4.35. The number of amides is 1. The molecule has 1 N–H and O–H groups in total. The smallest absolute Gasteiger partial charge is 0.248 e. The molecule has 0 aliphatic rings. The van der Waals surface area contributed by atoms with Gasteiger partial charge in [-0.2, -0.15) is 0 Å². The predicted octanol–water partition coefficient (Wildman–Crippen LogP) is 4.34. The van der Waals surface area contributed by atoms with Crippen LogP contribution in [0.3, 0.4) is 0 Å². The second-order valence-corrected chi connectivity index (χ2v) is 6.42. The van der Waals surface area contributed by atoms with Gasteiger partial charge in [-0.15, -0.1) is 0 Å². The molecule has 31 heavy (non-hydrogen) atoms. The van der Waals surface area contributed by atoms with Crippen molar-refractivity contribution in [3.05, 3.63) is 78.1 Å². The van der Waals surface area contributed by atoms with Crippen molar-refractivity contribution in [1.82, 2.24) is 4.98 Å². The minimum absolute atomic E-state index is 0.287. The predicted molar refractivity (Wildman–Crippen MR) is 119 cm³/mol. The molecular weight excluding hydrogens is 396 g/mol. The Kier molecular flexibility index (Phi) is 7.48. The summed E-state index contributed by atoms with van der Waals surface area (Å²) in [6.07, 6.45) is 4.90. The molecule has 0 spiro atoms. The average Bonchev–Trinajstić information content (AvgIpc) is 2.82. The fraction of sp³-hybridized carbons (Fsp3) is 0.167. The summed E-state index contributed by atoms with van der Waals surface area (Å²) in [5, 5.41) is 2.79. The molecule has 0 saturated carbocycles. The Bertz CT molecular complexity index is 1010. The van der Waals surface area contributed by atoms with Gasteiger partial charge < -0.3 is 24.3 Å². The van der Waals surface area contributed by atoms with Gasteiger partial charge in [-0.1, -0.05) is 18.2 Å². The lowest BCUT2D eigenvalue weighted by Crippen LogP contribution is -2.08. The van der Waals surface area contributed by atoms with Crippen LogP contribution in [0.1, 0.15) is 11.3 Å². The Labute approximate surface area is 181 Å². The van der Waals surface area contributed by atoms with Crippen LogP contribution in [0.25, 0.3) is 6.08 Å². The number of benzene rings is 2. The Morgan fingerprint density at radius 2 is 1.68 bits per heavy atom. The van der Waals surface area contributed by atoms with Crippen molar-refractivity contribution in [2.45, 2.75) is 6.61 Å². The molecule has 0 fully saturated rings. The average molecular weight is 420 g/mol. The number of rotatable bonds is 9. The molecule has 0 unspecified atom stereocenters. The SMILES string of the molecule is COc1cc(NC(=O)/C=C/c2ccc(OCc3ccccn3)cc2)cc(OC)c1OC. The van der Waals surface area contributed by atoms with Crippen LogP contribution < -0.4 is 24.3 Å². The molecule has 0 aliphatic heterocycles. The number of aromatic nitrogens is 1. The molecule has 0 bridgehead atoms. The molecule has 7 nitrogen and oxygen atoms in total. The highest BCUT2D eigenvalue weighted by Crippen LogP contribution is 2.39. The van der Waals surface area contributed by atoms with E-state index in [0.29, 0.717) is 29.5 Å². The molecule has 160 valence electrons. The van der Waals surface area contributed by atoms with Gasteiger partial charge in [0.2, 0.25) is 11.7 Å². The number of carbonyl (C=O) groups is 1. The fourth-order valence-corrected chi connectivity index (χ4v) is 2.83. The minimum Gasteiger partial charge on any atom is -0.493 e. The lowest BCUT2D eigenvalue weighted by atomic mass is 10.2. The van der Waals surface area contributed by atoms with Gasteiger partial charge in [0.25, 0.3) is 0 Å². The molecule has 0 radical (unpaired) electrons. The highest BCUT2D eigenvalue weighted by Gasteiger charge is 2.13. The zero-order valence-electron chi connectivity index (χ0n) is 17.6. The summed E-state index contributed by atoms with van der Waals surface area (Å²) in [5.74, 6) is 1.82. The normalized spacial score (nSPS) is 10.5. The second-order valence-electron chi connectivity index (χ2n) is 6.42. The van der Waals surface area contributed by atoms with E-state index in [1.807, 2.05) is 42.5 Å². The Morgan fingerprint density at radius 1 is 0.968 bits per heavy atom. The third kappa shape index (κ3) is 5.99. The van der Waals surface area contributed by atoms with Crippen LogP contribution in [0.2, 0.25) is 0 Å². The van der Waals surface area contributed by atoms with E-state index in [9.17, 15) is 4.79 Å². The second kappa shape index (κ2) is 10.7. The Balaban J connectivity index is 1.59. The number of pyridine rings is 1. The van der Waals surface area contributed by atoms with Crippen molar-refractivity contribution in [2.24, 2.45) is 0 Å². The highest BCUT2D eigenvalue weighted by molar-refractivity contribution is 6.02. The summed E-state index contributed by atoms with van der Waals surface area (Å²) in [7, 11) is 4.56.